The molecule has 0 aliphatic rings. The molecule has 1 heterocycles. The molecule has 0 saturated heterocycles. The zero-order valence-electron chi connectivity index (χ0n) is 11.8. The Bertz CT molecular complexity index is 711. The lowest BCUT2D eigenvalue weighted by Crippen LogP contribution is -2.07. The maximum Gasteiger partial charge on any atom is 0.360 e. The summed E-state index contributed by atoms with van der Waals surface area (Å²) in [5.74, 6) is -2.13. The van der Waals surface area contributed by atoms with Gasteiger partial charge < -0.3 is 4.74 Å². The largest absolute Gasteiger partial charge is 0.461 e. The topological polar surface area (TPSA) is 44.1 Å². The van der Waals surface area contributed by atoms with Crippen molar-refractivity contribution in [3.63, 3.8) is 0 Å². The predicted octanol–water partition coefficient (Wildman–Crippen LogP) is 4.31. The smallest absolute Gasteiger partial charge is 0.360 e. The van der Waals surface area contributed by atoms with Gasteiger partial charge >= 0.3 is 5.97 Å². The van der Waals surface area contributed by atoms with Crippen molar-refractivity contribution < 1.29 is 18.3 Å². The van der Waals surface area contributed by atoms with Crippen LogP contribution in [-0.4, -0.2) is 22.1 Å². The van der Waals surface area contributed by atoms with Gasteiger partial charge in [-0.1, -0.05) is 34.5 Å². The molecule has 118 valence electrons. The number of halogens is 4. The van der Waals surface area contributed by atoms with Gasteiger partial charge in [0.2, 0.25) is 0 Å². The van der Waals surface area contributed by atoms with E-state index >= 15 is 0 Å². The molecule has 0 aliphatic heterocycles. The van der Waals surface area contributed by atoms with Gasteiger partial charge in [-0.2, -0.15) is 0 Å². The highest BCUT2D eigenvalue weighted by molar-refractivity contribution is 9.10. The monoisotopic (exact) mass is 392 g/mol. The molecule has 0 spiro atoms. The minimum absolute atomic E-state index is 0.143. The molecule has 0 unspecified atom stereocenters. The third kappa shape index (κ3) is 3.01. The summed E-state index contributed by atoms with van der Waals surface area (Å²) in [4.78, 5) is 15.9. The van der Waals surface area contributed by atoms with Crippen molar-refractivity contribution in [1.82, 2.24) is 9.55 Å². The molecule has 0 aliphatic carbocycles. The van der Waals surface area contributed by atoms with Gasteiger partial charge in [0.25, 0.3) is 0 Å². The minimum atomic E-state index is -0.823. The number of hydrogen-bond acceptors (Lipinski definition) is 3. The van der Waals surface area contributed by atoms with Gasteiger partial charge in [0.05, 0.1) is 6.61 Å². The Balaban J connectivity index is 2.68. The van der Waals surface area contributed by atoms with Crippen LogP contribution in [0.2, 0.25) is 5.15 Å². The van der Waals surface area contributed by atoms with Crippen LogP contribution in [0.15, 0.2) is 16.6 Å². The molecule has 0 radical (unpaired) electrons. The third-order valence-electron chi connectivity index (χ3n) is 2.88. The fourth-order valence-electron chi connectivity index (χ4n) is 1.99. The molecule has 0 fully saturated rings. The summed E-state index contributed by atoms with van der Waals surface area (Å²) < 4.78 is 34.5. The second-order valence-electron chi connectivity index (χ2n) is 4.29. The van der Waals surface area contributed by atoms with E-state index in [-0.39, 0.29) is 33.4 Å². The molecule has 0 atom stereocenters. The molecular weight excluding hydrogens is 382 g/mol. The molecule has 2 rings (SSSR count). The summed E-state index contributed by atoms with van der Waals surface area (Å²) in [5, 5.41) is -0.185. The number of imidazole rings is 1. The first-order valence-corrected chi connectivity index (χ1v) is 7.66. The quantitative estimate of drug-likeness (QED) is 0.727. The standard InChI is InChI=1S/C14H12BrClF2N2O2/c1-3-10-19-11(14(21)22-4-2)13(16)20(10)12-8(17)5-7(15)6-9(12)18/h5-6H,3-4H2,1-2H3. The predicted molar refractivity (Wildman–Crippen MR) is 81.5 cm³/mol. The average Bonchev–Trinajstić information content (AvgIpc) is 2.75. The van der Waals surface area contributed by atoms with Crippen molar-refractivity contribution in [2.75, 3.05) is 6.61 Å². The molecular formula is C14H12BrClF2N2O2. The van der Waals surface area contributed by atoms with E-state index in [0.717, 1.165) is 16.7 Å². The van der Waals surface area contributed by atoms with Crippen LogP contribution < -0.4 is 0 Å². The fourth-order valence-corrected chi connectivity index (χ4v) is 2.69. The first kappa shape index (κ1) is 16.9. The molecule has 0 saturated carbocycles. The van der Waals surface area contributed by atoms with Crippen LogP contribution in [0.25, 0.3) is 5.69 Å². The number of rotatable bonds is 4. The van der Waals surface area contributed by atoms with Crippen LogP contribution in [0.5, 0.6) is 0 Å². The highest BCUT2D eigenvalue weighted by Crippen LogP contribution is 2.29. The Hall–Kier alpha value is -1.47. The van der Waals surface area contributed by atoms with Crippen molar-refractivity contribution in [1.29, 1.82) is 0 Å². The summed E-state index contributed by atoms with van der Waals surface area (Å²) in [6.45, 7) is 3.51. The molecule has 1 aromatic heterocycles. The van der Waals surface area contributed by atoms with Crippen molar-refractivity contribution in [3.8, 4) is 5.69 Å². The van der Waals surface area contributed by atoms with E-state index in [2.05, 4.69) is 20.9 Å². The number of aryl methyl sites for hydroxylation is 1. The fraction of sp³-hybridized carbons (Fsp3) is 0.286. The normalized spacial score (nSPS) is 10.8. The number of nitrogens with zero attached hydrogens (tertiary/aromatic N) is 2. The number of esters is 1. The molecule has 8 heteroatoms. The van der Waals surface area contributed by atoms with Crippen LogP contribution in [-0.2, 0) is 11.2 Å². The van der Waals surface area contributed by atoms with Crippen LogP contribution in [0.3, 0.4) is 0 Å². The van der Waals surface area contributed by atoms with Gasteiger partial charge in [-0.3, -0.25) is 4.57 Å². The molecule has 0 bridgehead atoms. The number of carbonyl (C=O) groups excluding carboxylic acids is 1. The third-order valence-corrected chi connectivity index (χ3v) is 3.69. The summed E-state index contributed by atoms with van der Waals surface area (Å²) in [6.07, 6.45) is 0.327. The first-order chi connectivity index (χ1) is 10.4. The first-order valence-electron chi connectivity index (χ1n) is 6.49. The SMILES string of the molecule is CCOC(=O)c1nc(CC)n(-c2c(F)cc(Br)cc2F)c1Cl. The molecule has 1 aromatic carbocycles. The van der Waals surface area contributed by atoms with Crippen LogP contribution in [0.4, 0.5) is 8.78 Å². The second kappa shape index (κ2) is 6.75. The summed E-state index contributed by atoms with van der Waals surface area (Å²) >= 11 is 9.12. The Labute approximate surface area is 139 Å². The van der Waals surface area contributed by atoms with E-state index < -0.39 is 17.6 Å². The van der Waals surface area contributed by atoms with E-state index in [1.165, 1.54) is 0 Å². The average molecular weight is 394 g/mol. The van der Waals surface area contributed by atoms with Crippen LogP contribution in [0.1, 0.15) is 30.2 Å². The van der Waals surface area contributed by atoms with E-state index in [4.69, 9.17) is 16.3 Å². The summed E-state index contributed by atoms with van der Waals surface area (Å²) in [5.41, 5.74) is -0.546. The van der Waals surface area contributed by atoms with Gasteiger partial charge in [-0.05, 0) is 19.1 Å². The zero-order valence-corrected chi connectivity index (χ0v) is 14.1. The molecule has 2 aromatic rings. The number of ether oxygens (including phenoxy) is 1. The highest BCUT2D eigenvalue weighted by atomic mass is 79.9. The van der Waals surface area contributed by atoms with E-state index in [1.54, 1.807) is 13.8 Å². The van der Waals surface area contributed by atoms with Crippen molar-refractivity contribution in [2.24, 2.45) is 0 Å². The highest BCUT2D eigenvalue weighted by Gasteiger charge is 2.25. The Morgan fingerprint density at radius 3 is 2.45 bits per heavy atom. The molecule has 22 heavy (non-hydrogen) atoms. The van der Waals surface area contributed by atoms with Crippen LogP contribution >= 0.6 is 27.5 Å². The number of aromatic nitrogens is 2. The van der Waals surface area contributed by atoms with Gasteiger partial charge in [0.1, 0.15) is 16.7 Å². The Morgan fingerprint density at radius 2 is 1.95 bits per heavy atom. The minimum Gasteiger partial charge on any atom is -0.461 e. The molecule has 4 nitrogen and oxygen atoms in total. The lowest BCUT2D eigenvalue weighted by Gasteiger charge is -2.11. The second-order valence-corrected chi connectivity index (χ2v) is 5.57. The summed E-state index contributed by atoms with van der Waals surface area (Å²) in [6, 6.07) is 2.22. The van der Waals surface area contributed by atoms with Crippen LogP contribution in [0, 0.1) is 11.6 Å². The maximum absolute atomic E-state index is 14.2. The van der Waals surface area contributed by atoms with Crippen molar-refractivity contribution in [3.05, 3.63) is 44.9 Å². The van der Waals surface area contributed by atoms with E-state index in [1.807, 2.05) is 0 Å². The lowest BCUT2D eigenvalue weighted by atomic mass is 10.2. The number of hydrogen-bond donors (Lipinski definition) is 0. The zero-order chi connectivity index (χ0) is 16.4. The van der Waals surface area contributed by atoms with Gasteiger partial charge in [0, 0.05) is 10.9 Å². The van der Waals surface area contributed by atoms with Crippen molar-refractivity contribution in [2.45, 2.75) is 20.3 Å². The lowest BCUT2D eigenvalue weighted by molar-refractivity contribution is 0.0520. The Kier molecular flexibility index (Phi) is 5.18. The molecule has 0 N–H and O–H groups in total. The van der Waals surface area contributed by atoms with Gasteiger partial charge in [0.15, 0.2) is 17.3 Å². The van der Waals surface area contributed by atoms with Gasteiger partial charge in [-0.15, -0.1) is 0 Å². The van der Waals surface area contributed by atoms with E-state index in [0.29, 0.717) is 6.42 Å². The molecule has 0 amide bonds. The summed E-state index contributed by atoms with van der Waals surface area (Å²) in [7, 11) is 0. The van der Waals surface area contributed by atoms with Crippen molar-refractivity contribution >= 4 is 33.5 Å². The maximum atomic E-state index is 14.2. The Morgan fingerprint density at radius 1 is 1.36 bits per heavy atom. The number of benzene rings is 1. The van der Waals surface area contributed by atoms with E-state index in [9.17, 15) is 13.6 Å². The number of carbonyl (C=O) groups is 1. The van der Waals surface area contributed by atoms with Gasteiger partial charge in [-0.25, -0.2) is 18.6 Å².